The molecule has 0 fully saturated rings. The minimum atomic E-state index is 0.181. The minimum absolute atomic E-state index is 0.181. The first-order chi connectivity index (χ1) is 7.00. The SMILES string of the molecule is CC(C)CNC(C)c1ccc(Br)cc1O. The molecule has 0 aliphatic heterocycles. The highest BCUT2D eigenvalue weighted by Crippen LogP contribution is 2.27. The van der Waals surface area contributed by atoms with Crippen molar-refractivity contribution in [3.63, 3.8) is 0 Å². The Kier molecular flexibility index (Phi) is 4.61. The van der Waals surface area contributed by atoms with Gasteiger partial charge >= 0.3 is 0 Å². The Labute approximate surface area is 99.8 Å². The van der Waals surface area contributed by atoms with Gasteiger partial charge in [-0.2, -0.15) is 0 Å². The lowest BCUT2D eigenvalue weighted by atomic mass is 10.1. The van der Waals surface area contributed by atoms with E-state index in [4.69, 9.17) is 0 Å². The molecule has 3 heteroatoms. The molecule has 84 valence electrons. The number of nitrogens with one attached hydrogen (secondary N) is 1. The summed E-state index contributed by atoms with van der Waals surface area (Å²) in [7, 11) is 0. The number of rotatable bonds is 4. The molecule has 0 aliphatic rings. The molecule has 0 amide bonds. The molecule has 0 saturated heterocycles. The van der Waals surface area contributed by atoms with Gasteiger partial charge in [0.15, 0.2) is 0 Å². The molecule has 0 radical (unpaired) electrons. The highest BCUT2D eigenvalue weighted by Gasteiger charge is 2.10. The maximum atomic E-state index is 9.76. The highest BCUT2D eigenvalue weighted by molar-refractivity contribution is 9.10. The van der Waals surface area contributed by atoms with E-state index in [0.717, 1.165) is 16.6 Å². The second-order valence-electron chi connectivity index (χ2n) is 4.23. The van der Waals surface area contributed by atoms with Crippen LogP contribution in [0, 0.1) is 5.92 Å². The third-order valence-electron chi connectivity index (χ3n) is 2.29. The quantitative estimate of drug-likeness (QED) is 0.879. The smallest absolute Gasteiger partial charge is 0.121 e. The summed E-state index contributed by atoms with van der Waals surface area (Å²) in [4.78, 5) is 0. The van der Waals surface area contributed by atoms with Gasteiger partial charge in [0.1, 0.15) is 5.75 Å². The van der Waals surface area contributed by atoms with Crippen LogP contribution in [0.25, 0.3) is 0 Å². The van der Waals surface area contributed by atoms with E-state index in [9.17, 15) is 5.11 Å². The first-order valence-electron chi connectivity index (χ1n) is 5.22. The lowest BCUT2D eigenvalue weighted by molar-refractivity contribution is 0.442. The lowest BCUT2D eigenvalue weighted by Gasteiger charge is -2.17. The Morgan fingerprint density at radius 2 is 2.00 bits per heavy atom. The molecule has 0 aliphatic carbocycles. The van der Waals surface area contributed by atoms with Crippen LogP contribution in [-0.4, -0.2) is 11.7 Å². The predicted molar refractivity (Wildman–Crippen MR) is 67.1 cm³/mol. The zero-order valence-corrected chi connectivity index (χ0v) is 11.0. The summed E-state index contributed by atoms with van der Waals surface area (Å²) in [5.74, 6) is 0.957. The van der Waals surface area contributed by atoms with Gasteiger partial charge in [-0.15, -0.1) is 0 Å². The largest absolute Gasteiger partial charge is 0.508 e. The average Bonchev–Trinajstić information content (AvgIpc) is 2.14. The van der Waals surface area contributed by atoms with E-state index in [-0.39, 0.29) is 6.04 Å². The van der Waals surface area contributed by atoms with Crippen molar-refractivity contribution in [2.75, 3.05) is 6.54 Å². The molecule has 1 aromatic rings. The van der Waals surface area contributed by atoms with E-state index >= 15 is 0 Å². The topological polar surface area (TPSA) is 32.3 Å². The monoisotopic (exact) mass is 271 g/mol. The van der Waals surface area contributed by atoms with Crippen molar-refractivity contribution in [3.8, 4) is 5.75 Å². The number of phenolic OH excluding ortho intramolecular Hbond substituents is 1. The summed E-state index contributed by atoms with van der Waals surface area (Å²) in [6.45, 7) is 7.35. The van der Waals surface area contributed by atoms with Gasteiger partial charge in [-0.25, -0.2) is 0 Å². The van der Waals surface area contributed by atoms with Crippen molar-refractivity contribution in [1.82, 2.24) is 5.32 Å². The summed E-state index contributed by atoms with van der Waals surface area (Å²) >= 11 is 3.33. The Balaban J connectivity index is 2.69. The maximum Gasteiger partial charge on any atom is 0.121 e. The van der Waals surface area contributed by atoms with E-state index in [2.05, 4.69) is 42.0 Å². The number of aromatic hydroxyl groups is 1. The number of halogens is 1. The van der Waals surface area contributed by atoms with Crippen LogP contribution >= 0.6 is 15.9 Å². The number of hydrogen-bond donors (Lipinski definition) is 2. The Hall–Kier alpha value is -0.540. The molecule has 0 spiro atoms. The van der Waals surface area contributed by atoms with E-state index in [1.807, 2.05) is 12.1 Å². The number of benzene rings is 1. The first kappa shape index (κ1) is 12.5. The minimum Gasteiger partial charge on any atom is -0.508 e. The summed E-state index contributed by atoms with van der Waals surface area (Å²) in [5.41, 5.74) is 0.943. The average molecular weight is 272 g/mol. The molecule has 15 heavy (non-hydrogen) atoms. The van der Waals surface area contributed by atoms with E-state index in [1.54, 1.807) is 6.07 Å². The zero-order valence-electron chi connectivity index (χ0n) is 9.42. The zero-order chi connectivity index (χ0) is 11.4. The third-order valence-corrected chi connectivity index (χ3v) is 2.78. The number of phenols is 1. The van der Waals surface area contributed by atoms with E-state index in [1.165, 1.54) is 0 Å². The molecule has 0 heterocycles. The molecular weight excluding hydrogens is 254 g/mol. The van der Waals surface area contributed by atoms with Crippen molar-refractivity contribution in [1.29, 1.82) is 0 Å². The molecule has 1 unspecified atom stereocenters. The molecule has 0 aromatic heterocycles. The van der Waals surface area contributed by atoms with Gasteiger partial charge in [0.25, 0.3) is 0 Å². The molecule has 0 bridgehead atoms. The molecule has 1 atom stereocenters. The summed E-state index contributed by atoms with van der Waals surface area (Å²) in [5, 5.41) is 13.1. The highest BCUT2D eigenvalue weighted by atomic mass is 79.9. The lowest BCUT2D eigenvalue weighted by Crippen LogP contribution is -2.23. The fourth-order valence-electron chi connectivity index (χ4n) is 1.41. The van der Waals surface area contributed by atoms with Crippen LogP contribution in [0.5, 0.6) is 5.75 Å². The third kappa shape index (κ3) is 3.84. The Morgan fingerprint density at radius 1 is 1.33 bits per heavy atom. The molecule has 0 saturated carbocycles. The van der Waals surface area contributed by atoms with E-state index in [0.29, 0.717) is 11.7 Å². The van der Waals surface area contributed by atoms with Gasteiger partial charge < -0.3 is 10.4 Å². The summed E-state index contributed by atoms with van der Waals surface area (Å²) in [6, 6.07) is 5.80. The predicted octanol–water partition coefficient (Wildman–Crippen LogP) is 3.46. The van der Waals surface area contributed by atoms with Gasteiger partial charge in [0, 0.05) is 16.1 Å². The molecule has 2 N–H and O–H groups in total. The van der Waals surface area contributed by atoms with Gasteiger partial charge in [-0.1, -0.05) is 35.8 Å². The standard InChI is InChI=1S/C12H18BrNO/c1-8(2)7-14-9(3)11-5-4-10(13)6-12(11)15/h4-6,8-9,14-15H,7H2,1-3H3. The summed E-state index contributed by atoms with van der Waals surface area (Å²) < 4.78 is 0.903. The van der Waals surface area contributed by atoms with Gasteiger partial charge in [-0.05, 0) is 31.5 Å². The van der Waals surface area contributed by atoms with Crippen molar-refractivity contribution in [2.45, 2.75) is 26.8 Å². The fraction of sp³-hybridized carbons (Fsp3) is 0.500. The van der Waals surface area contributed by atoms with Gasteiger partial charge in [0.2, 0.25) is 0 Å². The van der Waals surface area contributed by atoms with Crippen LogP contribution in [0.3, 0.4) is 0 Å². The van der Waals surface area contributed by atoms with Gasteiger partial charge in [-0.3, -0.25) is 0 Å². The van der Waals surface area contributed by atoms with Crippen LogP contribution in [-0.2, 0) is 0 Å². The second kappa shape index (κ2) is 5.52. The van der Waals surface area contributed by atoms with Crippen LogP contribution in [0.2, 0.25) is 0 Å². The van der Waals surface area contributed by atoms with Gasteiger partial charge in [0.05, 0.1) is 0 Å². The van der Waals surface area contributed by atoms with Crippen LogP contribution < -0.4 is 5.32 Å². The normalized spacial score (nSPS) is 13.1. The van der Waals surface area contributed by atoms with Crippen molar-refractivity contribution in [2.24, 2.45) is 5.92 Å². The Bertz CT molecular complexity index is 325. The van der Waals surface area contributed by atoms with Crippen molar-refractivity contribution < 1.29 is 5.11 Å². The van der Waals surface area contributed by atoms with Crippen LogP contribution in [0.4, 0.5) is 0 Å². The molecule has 2 nitrogen and oxygen atoms in total. The maximum absolute atomic E-state index is 9.76. The fourth-order valence-corrected chi connectivity index (χ4v) is 1.75. The van der Waals surface area contributed by atoms with Crippen molar-refractivity contribution in [3.05, 3.63) is 28.2 Å². The molecular formula is C12H18BrNO. The van der Waals surface area contributed by atoms with E-state index < -0.39 is 0 Å². The van der Waals surface area contributed by atoms with Crippen LogP contribution in [0.15, 0.2) is 22.7 Å². The Morgan fingerprint density at radius 3 is 2.53 bits per heavy atom. The summed E-state index contributed by atoms with van der Waals surface area (Å²) in [6.07, 6.45) is 0. The first-order valence-corrected chi connectivity index (χ1v) is 6.01. The second-order valence-corrected chi connectivity index (χ2v) is 5.14. The molecule has 1 aromatic carbocycles. The number of hydrogen-bond acceptors (Lipinski definition) is 2. The van der Waals surface area contributed by atoms with Crippen molar-refractivity contribution >= 4 is 15.9 Å². The van der Waals surface area contributed by atoms with Crippen LogP contribution in [0.1, 0.15) is 32.4 Å². The molecule has 1 rings (SSSR count).